The van der Waals surface area contributed by atoms with E-state index in [2.05, 4.69) is 30.8 Å². The fraction of sp³-hybridized carbons (Fsp3) is 0.500. The Morgan fingerprint density at radius 3 is 2.68 bits per heavy atom. The van der Waals surface area contributed by atoms with Crippen LogP contribution < -0.4 is 4.74 Å². The number of aromatic nitrogens is 2. The molecule has 2 aromatic rings. The molecular formula is C24H29F2N3O2. The van der Waals surface area contributed by atoms with Gasteiger partial charge < -0.3 is 9.64 Å². The van der Waals surface area contributed by atoms with Gasteiger partial charge in [0.1, 0.15) is 12.3 Å². The van der Waals surface area contributed by atoms with Gasteiger partial charge in [0.15, 0.2) is 0 Å². The number of rotatable bonds is 8. The Kier molecular flexibility index (Phi) is 7.32. The lowest BCUT2D eigenvalue weighted by Gasteiger charge is -2.38. The smallest absolute Gasteiger partial charge is 0.282 e. The molecule has 166 valence electrons. The van der Waals surface area contributed by atoms with Crippen LogP contribution in [0.15, 0.2) is 24.4 Å². The van der Waals surface area contributed by atoms with E-state index in [0.717, 1.165) is 59.4 Å². The molecule has 0 aliphatic carbocycles. The summed E-state index contributed by atoms with van der Waals surface area (Å²) in [5.74, 6) is 3.88. The van der Waals surface area contributed by atoms with Crippen molar-refractivity contribution in [3.63, 3.8) is 0 Å². The van der Waals surface area contributed by atoms with Gasteiger partial charge in [-0.25, -0.2) is 8.78 Å². The van der Waals surface area contributed by atoms with Gasteiger partial charge >= 0.3 is 0 Å². The van der Waals surface area contributed by atoms with Crippen molar-refractivity contribution in [3.8, 4) is 28.8 Å². The lowest BCUT2D eigenvalue weighted by molar-refractivity contribution is -0.166. The van der Waals surface area contributed by atoms with Crippen molar-refractivity contribution in [1.29, 1.82) is 0 Å². The molecule has 7 heteroatoms. The van der Waals surface area contributed by atoms with Gasteiger partial charge in [-0.1, -0.05) is 32.1 Å². The van der Waals surface area contributed by atoms with Gasteiger partial charge in [0.05, 0.1) is 25.9 Å². The largest absolute Gasteiger partial charge is 0.496 e. The number of ether oxygens (including phenoxy) is 1. The van der Waals surface area contributed by atoms with Crippen molar-refractivity contribution >= 4 is 5.91 Å². The molecule has 0 radical (unpaired) electrons. The molecule has 31 heavy (non-hydrogen) atoms. The number of halogens is 2. The van der Waals surface area contributed by atoms with E-state index in [1.54, 1.807) is 11.8 Å². The van der Waals surface area contributed by atoms with Crippen molar-refractivity contribution < 1.29 is 18.3 Å². The number of aryl methyl sites for hydroxylation is 1. The average molecular weight is 430 g/mol. The van der Waals surface area contributed by atoms with Gasteiger partial charge in [0.25, 0.3) is 5.92 Å². The van der Waals surface area contributed by atoms with Crippen LogP contribution >= 0.6 is 0 Å². The first kappa shape index (κ1) is 22.8. The molecule has 0 saturated carbocycles. The van der Waals surface area contributed by atoms with Crippen molar-refractivity contribution in [3.05, 3.63) is 35.5 Å². The Hall–Kier alpha value is -2.88. The third-order valence-corrected chi connectivity index (χ3v) is 5.19. The second-order valence-electron chi connectivity index (χ2n) is 7.88. The van der Waals surface area contributed by atoms with E-state index in [4.69, 9.17) is 4.74 Å². The molecule has 3 rings (SSSR count). The highest BCUT2D eigenvalue weighted by atomic mass is 19.3. The summed E-state index contributed by atoms with van der Waals surface area (Å²) in [7, 11) is 1.61. The minimum atomic E-state index is -2.77. The van der Waals surface area contributed by atoms with E-state index in [1.807, 2.05) is 24.4 Å². The molecule has 0 N–H and O–H groups in total. The molecule has 0 bridgehead atoms. The van der Waals surface area contributed by atoms with E-state index in [0.29, 0.717) is 5.75 Å². The molecule has 1 aliphatic rings. The Labute approximate surface area is 182 Å². The van der Waals surface area contributed by atoms with Gasteiger partial charge in [-0.15, -0.1) is 0 Å². The average Bonchev–Trinajstić information content (AvgIpc) is 3.12. The molecule has 1 aromatic carbocycles. The summed E-state index contributed by atoms with van der Waals surface area (Å²) in [6, 6.07) is 5.75. The summed E-state index contributed by atoms with van der Waals surface area (Å²) in [5.41, 5.74) is 3.43. The second-order valence-corrected chi connectivity index (χ2v) is 7.88. The Balaban J connectivity index is 1.91. The van der Waals surface area contributed by atoms with Crippen LogP contribution in [0.2, 0.25) is 0 Å². The van der Waals surface area contributed by atoms with Crippen LogP contribution in [0, 0.1) is 11.8 Å². The highest BCUT2D eigenvalue weighted by molar-refractivity contribution is 5.77. The maximum absolute atomic E-state index is 13.1. The number of benzene rings is 1. The normalized spacial score (nSPS) is 14.5. The first-order valence-electron chi connectivity index (χ1n) is 10.8. The van der Waals surface area contributed by atoms with Crippen molar-refractivity contribution in [2.45, 2.75) is 58.4 Å². The Morgan fingerprint density at radius 1 is 1.26 bits per heavy atom. The Bertz CT molecular complexity index is 980. The topological polar surface area (TPSA) is 47.4 Å². The SMILES string of the molecule is CCCC#Cc1ccc(OC)c(-c2nn(CC(=O)N3CC(F)(F)C3)cc2CCCC)c1. The standard InChI is InChI=1S/C24H29F2N3O2/c1-4-6-8-9-18-11-12-21(31-3)20(13-18)23-19(10-7-5-2)14-29(27-23)15-22(30)28-16-24(25,26)17-28/h11-14H,4-7,10,15-17H2,1-3H3. The van der Waals surface area contributed by atoms with Gasteiger partial charge in [-0.3, -0.25) is 9.48 Å². The number of unbranched alkanes of at least 4 members (excludes halogenated alkanes) is 2. The van der Waals surface area contributed by atoms with E-state index in [9.17, 15) is 13.6 Å². The van der Waals surface area contributed by atoms with E-state index >= 15 is 0 Å². The number of carbonyl (C=O) groups excluding carboxylic acids is 1. The zero-order valence-corrected chi connectivity index (χ0v) is 18.4. The quantitative estimate of drug-likeness (QED) is 0.579. The minimum Gasteiger partial charge on any atom is -0.496 e. The second kappa shape index (κ2) is 9.95. The van der Waals surface area contributed by atoms with Crippen molar-refractivity contribution in [1.82, 2.24) is 14.7 Å². The van der Waals surface area contributed by atoms with Crippen LogP contribution in [0.3, 0.4) is 0 Å². The first-order chi connectivity index (χ1) is 14.9. The number of methoxy groups -OCH3 is 1. The molecule has 0 spiro atoms. The number of carbonyl (C=O) groups is 1. The maximum Gasteiger partial charge on any atom is 0.282 e. The zero-order chi connectivity index (χ0) is 22.4. The number of alkyl halides is 2. The molecule has 2 heterocycles. The number of hydrogen-bond acceptors (Lipinski definition) is 3. The number of likely N-dealkylation sites (tertiary alicyclic amines) is 1. The molecule has 0 unspecified atom stereocenters. The van der Waals surface area contributed by atoms with Gasteiger partial charge in [-0.05, 0) is 43.0 Å². The van der Waals surface area contributed by atoms with Crippen molar-refractivity contribution in [2.24, 2.45) is 0 Å². The summed E-state index contributed by atoms with van der Waals surface area (Å²) in [6.45, 7) is 3.10. The van der Waals surface area contributed by atoms with E-state index in [1.165, 1.54) is 0 Å². The van der Waals surface area contributed by atoms with Gasteiger partial charge in [-0.2, -0.15) is 5.10 Å². The van der Waals surface area contributed by atoms with Crippen LogP contribution in [-0.2, 0) is 17.8 Å². The molecule has 1 saturated heterocycles. The van der Waals surface area contributed by atoms with Gasteiger partial charge in [0.2, 0.25) is 5.91 Å². The van der Waals surface area contributed by atoms with Crippen LogP contribution in [0.5, 0.6) is 5.75 Å². The monoisotopic (exact) mass is 429 g/mol. The number of amides is 1. The van der Waals surface area contributed by atoms with Gasteiger partial charge in [0, 0.05) is 23.7 Å². The highest BCUT2D eigenvalue weighted by Gasteiger charge is 2.46. The maximum atomic E-state index is 13.1. The third-order valence-electron chi connectivity index (χ3n) is 5.19. The molecule has 1 amide bonds. The molecule has 1 aliphatic heterocycles. The lowest BCUT2D eigenvalue weighted by atomic mass is 10.0. The first-order valence-corrected chi connectivity index (χ1v) is 10.8. The highest BCUT2D eigenvalue weighted by Crippen LogP contribution is 2.33. The van der Waals surface area contributed by atoms with Crippen LogP contribution in [0.25, 0.3) is 11.3 Å². The fourth-order valence-corrected chi connectivity index (χ4v) is 3.51. The lowest BCUT2D eigenvalue weighted by Crippen LogP contribution is -2.59. The van der Waals surface area contributed by atoms with Crippen LogP contribution in [0.1, 0.15) is 50.7 Å². The zero-order valence-electron chi connectivity index (χ0n) is 18.4. The molecular weight excluding hydrogens is 400 g/mol. The van der Waals surface area contributed by atoms with Crippen LogP contribution in [0.4, 0.5) is 8.78 Å². The van der Waals surface area contributed by atoms with E-state index < -0.39 is 19.0 Å². The summed E-state index contributed by atoms with van der Waals surface area (Å²) in [4.78, 5) is 13.5. The minimum absolute atomic E-state index is 0.0620. The summed E-state index contributed by atoms with van der Waals surface area (Å²) in [5, 5.41) is 4.65. The fourth-order valence-electron chi connectivity index (χ4n) is 3.51. The predicted octanol–water partition coefficient (Wildman–Crippen LogP) is 4.53. The molecule has 5 nitrogen and oxygen atoms in total. The summed E-state index contributed by atoms with van der Waals surface area (Å²) in [6.07, 6.45) is 6.47. The number of nitrogens with zero attached hydrogens (tertiary/aromatic N) is 3. The summed E-state index contributed by atoms with van der Waals surface area (Å²) >= 11 is 0. The molecule has 1 fully saturated rings. The summed E-state index contributed by atoms with van der Waals surface area (Å²) < 4.78 is 33.3. The molecule has 1 aromatic heterocycles. The van der Waals surface area contributed by atoms with Crippen molar-refractivity contribution in [2.75, 3.05) is 20.2 Å². The predicted molar refractivity (Wildman–Crippen MR) is 116 cm³/mol. The van der Waals surface area contributed by atoms with Crippen LogP contribution in [-0.4, -0.2) is 46.7 Å². The molecule has 0 atom stereocenters. The third kappa shape index (κ3) is 5.63. The Morgan fingerprint density at radius 2 is 2.03 bits per heavy atom. The number of hydrogen-bond donors (Lipinski definition) is 0. The van der Waals surface area contributed by atoms with E-state index in [-0.39, 0.29) is 12.5 Å².